The van der Waals surface area contributed by atoms with Crippen LogP contribution in [0.4, 0.5) is 4.79 Å². The monoisotopic (exact) mass is 300 g/mol. The molecular weight excluding hydrogens is 280 g/mol. The predicted molar refractivity (Wildman–Crippen MR) is 83.0 cm³/mol. The van der Waals surface area contributed by atoms with Crippen molar-refractivity contribution < 1.29 is 14.3 Å². The summed E-state index contributed by atoms with van der Waals surface area (Å²) in [5.41, 5.74) is 1.06. The van der Waals surface area contributed by atoms with E-state index in [0.29, 0.717) is 6.54 Å². The van der Waals surface area contributed by atoms with Gasteiger partial charge in [0.15, 0.2) is 0 Å². The van der Waals surface area contributed by atoms with E-state index in [9.17, 15) is 9.59 Å². The van der Waals surface area contributed by atoms with Crippen molar-refractivity contribution in [2.75, 3.05) is 6.54 Å². The number of amides is 2. The number of carbonyl (C=O) groups excluding carboxylic acids is 2. The maximum absolute atomic E-state index is 12.0. The van der Waals surface area contributed by atoms with Crippen molar-refractivity contribution >= 4 is 18.1 Å². The average Bonchev–Trinajstić information content (AvgIpc) is 2.86. The van der Waals surface area contributed by atoms with Crippen LogP contribution in [0.2, 0.25) is 0 Å². The van der Waals surface area contributed by atoms with E-state index >= 15 is 0 Å². The van der Waals surface area contributed by atoms with Crippen molar-refractivity contribution in [1.82, 2.24) is 10.2 Å². The second-order valence-electron chi connectivity index (χ2n) is 6.07. The van der Waals surface area contributed by atoms with Gasteiger partial charge in [-0.1, -0.05) is 56.3 Å². The number of hydrogen-bond donors (Lipinski definition) is 1. The highest BCUT2D eigenvalue weighted by atomic mass is 16.6. The molecule has 2 saturated heterocycles. The Morgan fingerprint density at radius 1 is 1.27 bits per heavy atom. The molecule has 0 aliphatic carbocycles. The first-order chi connectivity index (χ1) is 10.6. The number of nitrogens with one attached hydrogen (secondary N) is 1. The number of hydrogen-bond acceptors (Lipinski definition) is 3. The lowest BCUT2D eigenvalue weighted by Crippen LogP contribution is -2.68. The van der Waals surface area contributed by atoms with Crippen LogP contribution in [0.3, 0.4) is 0 Å². The number of nitrogens with zero attached hydrogens (tertiary/aromatic N) is 1. The van der Waals surface area contributed by atoms with Crippen LogP contribution in [0.1, 0.15) is 19.4 Å². The van der Waals surface area contributed by atoms with Gasteiger partial charge in [0.2, 0.25) is 5.91 Å². The van der Waals surface area contributed by atoms with Gasteiger partial charge in [-0.15, -0.1) is 0 Å². The number of rotatable bonds is 4. The summed E-state index contributed by atoms with van der Waals surface area (Å²) >= 11 is 0. The Morgan fingerprint density at radius 3 is 2.59 bits per heavy atom. The molecule has 2 aliphatic rings. The first kappa shape index (κ1) is 14.6. The largest absolute Gasteiger partial charge is 0.444 e. The van der Waals surface area contributed by atoms with Gasteiger partial charge in [0, 0.05) is 0 Å². The van der Waals surface area contributed by atoms with Crippen LogP contribution in [0.25, 0.3) is 6.08 Å². The van der Waals surface area contributed by atoms with Crippen LogP contribution in [0.5, 0.6) is 0 Å². The Bertz CT molecular complexity index is 597. The molecule has 2 aliphatic heterocycles. The van der Waals surface area contributed by atoms with Gasteiger partial charge in [-0.25, -0.2) is 4.79 Å². The maximum atomic E-state index is 12.0. The predicted octanol–water partition coefficient (Wildman–Crippen LogP) is 2.04. The lowest BCUT2D eigenvalue weighted by atomic mass is 9.95. The van der Waals surface area contributed by atoms with E-state index in [0.717, 1.165) is 5.56 Å². The second kappa shape index (κ2) is 5.83. The minimum atomic E-state index is -0.462. The van der Waals surface area contributed by atoms with Crippen molar-refractivity contribution in [3.63, 3.8) is 0 Å². The molecular formula is C17H20N2O3. The van der Waals surface area contributed by atoms with E-state index in [-0.39, 0.29) is 24.0 Å². The quantitative estimate of drug-likeness (QED) is 0.866. The number of cyclic esters (lactones) is 1. The fraction of sp³-hybridized carbons (Fsp3) is 0.412. The van der Waals surface area contributed by atoms with Gasteiger partial charge in [0.1, 0.15) is 12.1 Å². The highest BCUT2D eigenvalue weighted by molar-refractivity contribution is 5.93. The summed E-state index contributed by atoms with van der Waals surface area (Å²) in [4.78, 5) is 25.4. The van der Waals surface area contributed by atoms with E-state index in [1.54, 1.807) is 4.90 Å². The lowest BCUT2D eigenvalue weighted by Gasteiger charge is -2.39. The van der Waals surface area contributed by atoms with Crippen molar-refractivity contribution in [1.29, 1.82) is 0 Å². The average molecular weight is 300 g/mol. The molecule has 1 N–H and O–H groups in total. The standard InChI is InChI=1S/C17H20N2O3/c1-11(2)14-10-19(17(21)22-14)15-13(18-16(15)20)9-8-12-6-4-3-5-7-12/h3-9,11,13-15H,10H2,1-2H3,(H,18,20). The zero-order valence-electron chi connectivity index (χ0n) is 12.7. The van der Waals surface area contributed by atoms with Crippen LogP contribution in [-0.2, 0) is 9.53 Å². The molecule has 2 fully saturated rings. The number of carbonyl (C=O) groups is 2. The van der Waals surface area contributed by atoms with Gasteiger partial charge >= 0.3 is 6.09 Å². The third-order valence-electron chi connectivity index (χ3n) is 4.16. The minimum Gasteiger partial charge on any atom is -0.444 e. The molecule has 2 amide bonds. The van der Waals surface area contributed by atoms with E-state index in [4.69, 9.17) is 4.74 Å². The fourth-order valence-electron chi connectivity index (χ4n) is 2.74. The molecule has 0 spiro atoms. The van der Waals surface area contributed by atoms with Crippen LogP contribution >= 0.6 is 0 Å². The van der Waals surface area contributed by atoms with E-state index < -0.39 is 12.1 Å². The molecule has 0 radical (unpaired) electrons. The molecule has 0 bridgehead atoms. The molecule has 5 heteroatoms. The van der Waals surface area contributed by atoms with Crippen LogP contribution in [0, 0.1) is 5.92 Å². The van der Waals surface area contributed by atoms with E-state index in [1.807, 2.05) is 56.3 Å². The van der Waals surface area contributed by atoms with Gasteiger partial charge in [0.05, 0.1) is 12.6 Å². The molecule has 1 aromatic carbocycles. The zero-order valence-corrected chi connectivity index (χ0v) is 12.7. The van der Waals surface area contributed by atoms with Gasteiger partial charge < -0.3 is 10.1 Å². The third kappa shape index (κ3) is 2.71. The summed E-state index contributed by atoms with van der Waals surface area (Å²) in [7, 11) is 0. The van der Waals surface area contributed by atoms with Crippen LogP contribution in [-0.4, -0.2) is 41.6 Å². The van der Waals surface area contributed by atoms with Gasteiger partial charge in [-0.05, 0) is 11.5 Å². The third-order valence-corrected chi connectivity index (χ3v) is 4.16. The van der Waals surface area contributed by atoms with Crippen LogP contribution in [0.15, 0.2) is 36.4 Å². The van der Waals surface area contributed by atoms with Gasteiger partial charge in [-0.3, -0.25) is 9.69 Å². The molecule has 116 valence electrons. The first-order valence-electron chi connectivity index (χ1n) is 7.57. The molecule has 22 heavy (non-hydrogen) atoms. The van der Waals surface area contributed by atoms with Gasteiger partial charge in [0.25, 0.3) is 0 Å². The molecule has 3 unspecified atom stereocenters. The second-order valence-corrected chi connectivity index (χ2v) is 6.07. The maximum Gasteiger partial charge on any atom is 0.411 e. The zero-order chi connectivity index (χ0) is 15.7. The van der Waals surface area contributed by atoms with Crippen molar-refractivity contribution in [2.45, 2.75) is 32.0 Å². The van der Waals surface area contributed by atoms with E-state index in [2.05, 4.69) is 5.32 Å². The summed E-state index contributed by atoms with van der Waals surface area (Å²) in [5, 5.41) is 2.83. The topological polar surface area (TPSA) is 58.6 Å². The molecule has 3 rings (SSSR count). The Labute approximate surface area is 129 Å². The number of β-lactam (4-membered cyclic amide) rings is 1. The minimum absolute atomic E-state index is 0.121. The smallest absolute Gasteiger partial charge is 0.411 e. The Morgan fingerprint density at radius 2 is 2.00 bits per heavy atom. The summed E-state index contributed by atoms with van der Waals surface area (Å²) in [6, 6.07) is 9.23. The Balaban J connectivity index is 1.69. The molecule has 0 aromatic heterocycles. The number of ether oxygens (including phenoxy) is 1. The SMILES string of the molecule is CC(C)C1CN(C2C(=O)NC2C=Cc2ccccc2)C(=O)O1. The summed E-state index contributed by atoms with van der Waals surface area (Å²) in [6.07, 6.45) is 3.35. The van der Waals surface area contributed by atoms with Crippen molar-refractivity contribution in [3.8, 4) is 0 Å². The fourth-order valence-corrected chi connectivity index (χ4v) is 2.74. The molecule has 3 atom stereocenters. The summed E-state index contributed by atoms with van der Waals surface area (Å²) in [6.45, 7) is 4.49. The van der Waals surface area contributed by atoms with Crippen LogP contribution < -0.4 is 5.32 Å². The highest BCUT2D eigenvalue weighted by Gasteiger charge is 2.48. The molecule has 2 heterocycles. The molecule has 5 nitrogen and oxygen atoms in total. The first-order valence-corrected chi connectivity index (χ1v) is 7.57. The number of benzene rings is 1. The van der Waals surface area contributed by atoms with E-state index in [1.165, 1.54) is 0 Å². The summed E-state index contributed by atoms with van der Waals surface area (Å²) in [5.74, 6) is 0.125. The van der Waals surface area contributed by atoms with Gasteiger partial charge in [-0.2, -0.15) is 0 Å². The Kier molecular flexibility index (Phi) is 3.88. The molecule has 0 saturated carbocycles. The lowest BCUT2D eigenvalue weighted by molar-refractivity contribution is -0.133. The normalized spacial score (nSPS) is 28.0. The van der Waals surface area contributed by atoms with Crippen molar-refractivity contribution in [2.24, 2.45) is 5.92 Å². The summed E-state index contributed by atoms with van der Waals surface area (Å²) < 4.78 is 5.33. The van der Waals surface area contributed by atoms with Crippen molar-refractivity contribution in [3.05, 3.63) is 42.0 Å². The highest BCUT2D eigenvalue weighted by Crippen LogP contribution is 2.25. The Hall–Kier alpha value is -2.30. The molecule has 1 aromatic rings.